The summed E-state index contributed by atoms with van der Waals surface area (Å²) in [5, 5.41) is 3.51. The SMILES string of the molecule is CCCCCC1(c2ccc(CCc3ccc(NCCCC)cc3)c(C)c2)CCCCC1. The molecule has 0 radical (unpaired) electrons. The smallest absolute Gasteiger partial charge is 0.0340 e. The lowest BCUT2D eigenvalue weighted by atomic mass is 9.66. The second-order valence-corrected chi connectivity index (χ2v) is 9.92. The molecule has 2 aromatic rings. The predicted octanol–water partition coefficient (Wildman–Crippen LogP) is 8.77. The first kappa shape index (κ1) is 23.9. The van der Waals surface area contributed by atoms with E-state index in [0.717, 1.165) is 19.4 Å². The zero-order valence-electron chi connectivity index (χ0n) is 20.4. The molecular formula is C30H45N. The second-order valence-electron chi connectivity index (χ2n) is 9.92. The fourth-order valence-electron chi connectivity index (χ4n) is 5.41. The maximum atomic E-state index is 3.51. The van der Waals surface area contributed by atoms with Crippen molar-refractivity contribution in [2.75, 3.05) is 11.9 Å². The van der Waals surface area contributed by atoms with E-state index in [9.17, 15) is 0 Å². The van der Waals surface area contributed by atoms with Crippen LogP contribution in [0.3, 0.4) is 0 Å². The molecule has 0 aromatic heterocycles. The van der Waals surface area contributed by atoms with Gasteiger partial charge in [0.15, 0.2) is 0 Å². The summed E-state index contributed by atoms with van der Waals surface area (Å²) < 4.78 is 0. The molecule has 1 fully saturated rings. The van der Waals surface area contributed by atoms with Crippen molar-refractivity contribution >= 4 is 5.69 Å². The molecule has 1 nitrogen and oxygen atoms in total. The Balaban J connectivity index is 1.62. The van der Waals surface area contributed by atoms with Crippen molar-refractivity contribution in [1.29, 1.82) is 0 Å². The summed E-state index contributed by atoms with van der Waals surface area (Å²) in [7, 11) is 0. The third-order valence-corrected chi connectivity index (χ3v) is 7.52. The number of unbranched alkanes of at least 4 members (excludes halogenated alkanes) is 3. The summed E-state index contributed by atoms with van der Waals surface area (Å²) in [4.78, 5) is 0. The molecule has 1 saturated carbocycles. The van der Waals surface area contributed by atoms with Crippen molar-refractivity contribution < 1.29 is 0 Å². The fraction of sp³-hybridized carbons (Fsp3) is 0.600. The van der Waals surface area contributed by atoms with Crippen molar-refractivity contribution in [2.24, 2.45) is 0 Å². The topological polar surface area (TPSA) is 12.0 Å². The Hall–Kier alpha value is -1.76. The highest BCUT2D eigenvalue weighted by molar-refractivity contribution is 5.45. The highest BCUT2D eigenvalue weighted by Crippen LogP contribution is 2.44. The highest BCUT2D eigenvalue weighted by atomic mass is 14.9. The first-order chi connectivity index (χ1) is 15.2. The Morgan fingerprint density at radius 2 is 1.55 bits per heavy atom. The van der Waals surface area contributed by atoms with Crippen LogP contribution in [0.2, 0.25) is 0 Å². The molecule has 1 N–H and O–H groups in total. The van der Waals surface area contributed by atoms with Gasteiger partial charge in [-0.2, -0.15) is 0 Å². The Bertz CT molecular complexity index is 767. The molecule has 0 aliphatic heterocycles. The van der Waals surface area contributed by atoms with Gasteiger partial charge >= 0.3 is 0 Å². The predicted molar refractivity (Wildman–Crippen MR) is 137 cm³/mol. The van der Waals surface area contributed by atoms with Crippen LogP contribution >= 0.6 is 0 Å². The van der Waals surface area contributed by atoms with Crippen molar-refractivity contribution in [3.05, 3.63) is 64.7 Å². The van der Waals surface area contributed by atoms with Gasteiger partial charge < -0.3 is 5.32 Å². The van der Waals surface area contributed by atoms with Crippen LogP contribution in [0.4, 0.5) is 5.69 Å². The molecule has 3 rings (SSSR count). The number of aryl methyl sites for hydroxylation is 3. The molecule has 0 unspecified atom stereocenters. The summed E-state index contributed by atoms with van der Waals surface area (Å²) in [6, 6.07) is 16.6. The summed E-state index contributed by atoms with van der Waals surface area (Å²) in [6.07, 6.45) is 17.3. The van der Waals surface area contributed by atoms with Crippen LogP contribution < -0.4 is 5.32 Å². The van der Waals surface area contributed by atoms with E-state index in [2.05, 4.69) is 68.6 Å². The molecule has 1 heteroatoms. The van der Waals surface area contributed by atoms with Crippen LogP contribution in [0.15, 0.2) is 42.5 Å². The molecule has 0 atom stereocenters. The van der Waals surface area contributed by atoms with E-state index < -0.39 is 0 Å². The van der Waals surface area contributed by atoms with E-state index in [0.29, 0.717) is 5.41 Å². The second kappa shape index (κ2) is 12.3. The first-order valence-electron chi connectivity index (χ1n) is 13.1. The Morgan fingerprint density at radius 1 is 0.806 bits per heavy atom. The van der Waals surface area contributed by atoms with E-state index in [1.54, 1.807) is 5.56 Å². The lowest BCUT2D eigenvalue weighted by Gasteiger charge is -2.38. The monoisotopic (exact) mass is 419 g/mol. The molecule has 0 spiro atoms. The van der Waals surface area contributed by atoms with Gasteiger partial charge in [-0.05, 0) is 85.3 Å². The third-order valence-electron chi connectivity index (χ3n) is 7.52. The number of anilines is 1. The van der Waals surface area contributed by atoms with Gasteiger partial charge in [0.25, 0.3) is 0 Å². The molecule has 1 aliphatic rings. The molecular weight excluding hydrogens is 374 g/mol. The Kier molecular flexibility index (Phi) is 9.50. The molecule has 0 heterocycles. The minimum atomic E-state index is 0.456. The Labute approximate surface area is 192 Å². The normalized spacial score (nSPS) is 15.7. The number of nitrogens with one attached hydrogen (secondary N) is 1. The summed E-state index contributed by atoms with van der Waals surface area (Å²) in [5.41, 5.74) is 7.79. The van der Waals surface area contributed by atoms with Crippen LogP contribution in [0, 0.1) is 6.92 Å². The van der Waals surface area contributed by atoms with Gasteiger partial charge in [-0.15, -0.1) is 0 Å². The van der Waals surface area contributed by atoms with Gasteiger partial charge in [0.1, 0.15) is 0 Å². The molecule has 0 saturated heterocycles. The quantitative estimate of drug-likeness (QED) is 0.339. The first-order valence-corrected chi connectivity index (χ1v) is 13.1. The standard InChI is InChI=1S/C30H45N/c1-4-6-9-20-30(21-10-8-11-22-30)28-17-16-27(25(3)24-28)15-12-26-13-18-29(19-14-26)31-23-7-5-2/h13-14,16-19,24,31H,4-12,15,20-23H2,1-3H3. The van der Waals surface area contributed by atoms with Gasteiger partial charge in [0.05, 0.1) is 0 Å². The Morgan fingerprint density at radius 3 is 2.23 bits per heavy atom. The zero-order valence-corrected chi connectivity index (χ0v) is 20.4. The summed E-state index contributed by atoms with van der Waals surface area (Å²) in [6.45, 7) is 7.97. The van der Waals surface area contributed by atoms with Gasteiger partial charge in [-0.1, -0.05) is 89.1 Å². The number of hydrogen-bond donors (Lipinski definition) is 1. The van der Waals surface area contributed by atoms with Gasteiger partial charge in [-0.3, -0.25) is 0 Å². The van der Waals surface area contributed by atoms with Crippen LogP contribution in [0.1, 0.15) is 107 Å². The van der Waals surface area contributed by atoms with Crippen LogP contribution in [-0.2, 0) is 18.3 Å². The molecule has 31 heavy (non-hydrogen) atoms. The number of rotatable bonds is 12. The highest BCUT2D eigenvalue weighted by Gasteiger charge is 2.33. The molecule has 0 bridgehead atoms. The van der Waals surface area contributed by atoms with E-state index in [1.165, 1.54) is 93.0 Å². The summed E-state index contributed by atoms with van der Waals surface area (Å²) >= 11 is 0. The van der Waals surface area contributed by atoms with E-state index >= 15 is 0 Å². The van der Waals surface area contributed by atoms with Crippen molar-refractivity contribution in [2.45, 2.75) is 110 Å². The molecule has 0 amide bonds. The maximum absolute atomic E-state index is 3.51. The minimum absolute atomic E-state index is 0.456. The van der Waals surface area contributed by atoms with Gasteiger partial charge in [0.2, 0.25) is 0 Å². The van der Waals surface area contributed by atoms with E-state index in [-0.39, 0.29) is 0 Å². The summed E-state index contributed by atoms with van der Waals surface area (Å²) in [5.74, 6) is 0. The molecule has 2 aromatic carbocycles. The lowest BCUT2D eigenvalue weighted by molar-refractivity contribution is 0.266. The average Bonchev–Trinajstić information content (AvgIpc) is 2.80. The van der Waals surface area contributed by atoms with Crippen LogP contribution in [0.25, 0.3) is 0 Å². The largest absolute Gasteiger partial charge is 0.385 e. The van der Waals surface area contributed by atoms with Crippen molar-refractivity contribution in [3.63, 3.8) is 0 Å². The van der Waals surface area contributed by atoms with Gasteiger partial charge in [0, 0.05) is 12.2 Å². The van der Waals surface area contributed by atoms with Gasteiger partial charge in [-0.25, -0.2) is 0 Å². The average molecular weight is 420 g/mol. The van der Waals surface area contributed by atoms with Crippen LogP contribution in [-0.4, -0.2) is 6.54 Å². The lowest BCUT2D eigenvalue weighted by Crippen LogP contribution is -2.29. The number of hydrogen-bond acceptors (Lipinski definition) is 1. The minimum Gasteiger partial charge on any atom is -0.385 e. The molecule has 1 aliphatic carbocycles. The maximum Gasteiger partial charge on any atom is 0.0340 e. The van der Waals surface area contributed by atoms with Crippen molar-refractivity contribution in [1.82, 2.24) is 0 Å². The van der Waals surface area contributed by atoms with E-state index in [1.807, 2.05) is 0 Å². The third kappa shape index (κ3) is 6.86. The zero-order chi connectivity index (χ0) is 21.9. The van der Waals surface area contributed by atoms with Crippen molar-refractivity contribution in [3.8, 4) is 0 Å². The van der Waals surface area contributed by atoms with Crippen LogP contribution in [0.5, 0.6) is 0 Å². The molecule has 170 valence electrons. The van der Waals surface area contributed by atoms with E-state index in [4.69, 9.17) is 0 Å². The fourth-order valence-corrected chi connectivity index (χ4v) is 5.41. The number of benzene rings is 2.